The second kappa shape index (κ2) is 6.29. The molecule has 3 nitrogen and oxygen atoms in total. The highest BCUT2D eigenvalue weighted by Crippen LogP contribution is 2.33. The number of aliphatic carboxylic acids is 1. The number of rotatable bonds is 5. The molecule has 0 aromatic heterocycles. The van der Waals surface area contributed by atoms with Crippen LogP contribution in [0, 0.1) is 5.41 Å². The fraction of sp³-hybridized carbons (Fsp3) is 0.588. The zero-order chi connectivity index (χ0) is 14.6. The van der Waals surface area contributed by atoms with Gasteiger partial charge in [-0.1, -0.05) is 32.0 Å². The Labute approximate surface area is 121 Å². The third-order valence-electron chi connectivity index (χ3n) is 4.76. The highest BCUT2D eigenvalue weighted by atomic mass is 16.4. The number of fused-ring (bicyclic) bond motifs is 1. The zero-order valence-electron chi connectivity index (χ0n) is 12.6. The predicted molar refractivity (Wildman–Crippen MR) is 82.2 cm³/mol. The summed E-state index contributed by atoms with van der Waals surface area (Å²) in [5.41, 5.74) is 1.96. The van der Waals surface area contributed by atoms with Crippen molar-refractivity contribution in [3.8, 4) is 0 Å². The van der Waals surface area contributed by atoms with E-state index < -0.39 is 11.4 Å². The second-order valence-corrected chi connectivity index (χ2v) is 5.80. The Morgan fingerprint density at radius 3 is 2.60 bits per heavy atom. The first kappa shape index (κ1) is 14.9. The normalized spacial score (nSPS) is 15.6. The molecule has 110 valence electrons. The molecule has 0 amide bonds. The molecular weight excluding hydrogens is 250 g/mol. The molecule has 0 saturated heterocycles. The summed E-state index contributed by atoms with van der Waals surface area (Å²) in [6.07, 6.45) is 4.78. The van der Waals surface area contributed by atoms with Crippen molar-refractivity contribution in [2.45, 2.75) is 46.0 Å². The molecule has 1 aliphatic rings. The van der Waals surface area contributed by atoms with E-state index in [0.717, 1.165) is 19.4 Å². The number of benzene rings is 1. The number of anilines is 1. The minimum atomic E-state index is -0.663. The molecule has 2 rings (SSSR count). The molecule has 1 heterocycles. The van der Waals surface area contributed by atoms with Crippen LogP contribution < -0.4 is 4.90 Å². The van der Waals surface area contributed by atoms with E-state index in [1.54, 1.807) is 0 Å². The summed E-state index contributed by atoms with van der Waals surface area (Å²) in [5, 5.41) is 9.65. The fourth-order valence-electron chi connectivity index (χ4n) is 3.14. The van der Waals surface area contributed by atoms with Crippen LogP contribution in [0.4, 0.5) is 5.69 Å². The maximum absolute atomic E-state index is 11.7. The van der Waals surface area contributed by atoms with E-state index in [2.05, 4.69) is 29.2 Å². The van der Waals surface area contributed by atoms with Gasteiger partial charge in [0, 0.05) is 18.8 Å². The van der Waals surface area contributed by atoms with Crippen LogP contribution in [-0.2, 0) is 11.2 Å². The summed E-state index contributed by atoms with van der Waals surface area (Å²) in [6.45, 7) is 5.56. The van der Waals surface area contributed by atoms with Gasteiger partial charge in [-0.2, -0.15) is 0 Å². The van der Waals surface area contributed by atoms with Gasteiger partial charge in [-0.15, -0.1) is 0 Å². The average Bonchev–Trinajstić information content (AvgIpc) is 2.67. The minimum absolute atomic E-state index is 0.617. The lowest BCUT2D eigenvalue weighted by atomic mass is 9.81. The van der Waals surface area contributed by atoms with Crippen LogP contribution in [0.5, 0.6) is 0 Å². The van der Waals surface area contributed by atoms with E-state index in [-0.39, 0.29) is 0 Å². The SMILES string of the molecule is CCC(CC)(CN1CCCCc2ccccc21)C(=O)O. The van der Waals surface area contributed by atoms with Gasteiger partial charge >= 0.3 is 5.97 Å². The van der Waals surface area contributed by atoms with Gasteiger partial charge in [0.2, 0.25) is 0 Å². The number of carboxylic acids is 1. The molecule has 0 saturated carbocycles. The Bertz CT molecular complexity index is 466. The van der Waals surface area contributed by atoms with E-state index >= 15 is 0 Å². The molecular formula is C17H25NO2. The van der Waals surface area contributed by atoms with Crippen molar-refractivity contribution in [2.24, 2.45) is 5.41 Å². The number of nitrogens with zero attached hydrogens (tertiary/aromatic N) is 1. The van der Waals surface area contributed by atoms with Crippen LogP contribution in [0.1, 0.15) is 45.1 Å². The largest absolute Gasteiger partial charge is 0.481 e. The van der Waals surface area contributed by atoms with Crippen molar-refractivity contribution in [3.05, 3.63) is 29.8 Å². The Balaban J connectivity index is 2.30. The molecule has 0 radical (unpaired) electrons. The highest BCUT2D eigenvalue weighted by Gasteiger charge is 2.37. The Hall–Kier alpha value is -1.51. The van der Waals surface area contributed by atoms with E-state index in [4.69, 9.17) is 0 Å². The standard InChI is InChI=1S/C17H25NO2/c1-3-17(4-2,16(19)20)13-18-12-8-7-10-14-9-5-6-11-15(14)18/h5-6,9,11H,3-4,7-8,10,12-13H2,1-2H3,(H,19,20). The van der Waals surface area contributed by atoms with Gasteiger partial charge in [-0.05, 0) is 43.7 Å². The van der Waals surface area contributed by atoms with E-state index in [1.165, 1.54) is 17.7 Å². The van der Waals surface area contributed by atoms with Gasteiger partial charge in [0.1, 0.15) is 0 Å². The number of carbonyl (C=O) groups is 1. The zero-order valence-corrected chi connectivity index (χ0v) is 12.6. The molecule has 1 aliphatic heterocycles. The number of hydrogen-bond donors (Lipinski definition) is 1. The predicted octanol–water partition coefficient (Wildman–Crippen LogP) is 3.72. The smallest absolute Gasteiger partial charge is 0.311 e. The summed E-state index contributed by atoms with van der Waals surface area (Å²) in [7, 11) is 0. The Morgan fingerprint density at radius 2 is 1.95 bits per heavy atom. The summed E-state index contributed by atoms with van der Waals surface area (Å²) in [6, 6.07) is 8.44. The lowest BCUT2D eigenvalue weighted by Crippen LogP contribution is -2.43. The van der Waals surface area contributed by atoms with Crippen molar-refractivity contribution < 1.29 is 9.90 Å². The van der Waals surface area contributed by atoms with E-state index in [0.29, 0.717) is 19.4 Å². The topological polar surface area (TPSA) is 40.5 Å². The van der Waals surface area contributed by atoms with Crippen molar-refractivity contribution in [1.29, 1.82) is 0 Å². The van der Waals surface area contributed by atoms with Gasteiger partial charge in [0.25, 0.3) is 0 Å². The molecule has 0 aliphatic carbocycles. The van der Waals surface area contributed by atoms with E-state index in [9.17, 15) is 9.90 Å². The lowest BCUT2D eigenvalue weighted by molar-refractivity contribution is -0.148. The Kier molecular flexibility index (Phi) is 4.69. The second-order valence-electron chi connectivity index (χ2n) is 5.80. The quantitative estimate of drug-likeness (QED) is 0.890. The maximum Gasteiger partial charge on any atom is 0.311 e. The molecule has 1 aromatic carbocycles. The molecule has 0 atom stereocenters. The first-order chi connectivity index (χ1) is 9.63. The third kappa shape index (κ3) is 2.82. The van der Waals surface area contributed by atoms with Crippen molar-refractivity contribution in [1.82, 2.24) is 0 Å². The van der Waals surface area contributed by atoms with Crippen LogP contribution in [0.2, 0.25) is 0 Å². The lowest BCUT2D eigenvalue weighted by Gasteiger charge is -2.35. The minimum Gasteiger partial charge on any atom is -0.481 e. The summed E-state index contributed by atoms with van der Waals surface area (Å²) < 4.78 is 0. The first-order valence-electron chi connectivity index (χ1n) is 7.69. The van der Waals surface area contributed by atoms with Crippen LogP contribution in [0.15, 0.2) is 24.3 Å². The fourth-order valence-corrected chi connectivity index (χ4v) is 3.14. The van der Waals surface area contributed by atoms with Gasteiger partial charge in [0.15, 0.2) is 0 Å². The molecule has 1 aromatic rings. The Morgan fingerprint density at radius 1 is 1.25 bits per heavy atom. The monoisotopic (exact) mass is 275 g/mol. The molecule has 1 N–H and O–H groups in total. The van der Waals surface area contributed by atoms with Gasteiger partial charge in [-0.3, -0.25) is 4.79 Å². The molecule has 0 spiro atoms. The number of aryl methyl sites for hydroxylation is 1. The number of carboxylic acid groups (broad SMARTS) is 1. The number of para-hydroxylation sites is 1. The summed E-state index contributed by atoms with van der Waals surface area (Å²) >= 11 is 0. The van der Waals surface area contributed by atoms with Crippen molar-refractivity contribution in [3.63, 3.8) is 0 Å². The van der Waals surface area contributed by atoms with Crippen LogP contribution in [-0.4, -0.2) is 24.2 Å². The van der Waals surface area contributed by atoms with Crippen LogP contribution in [0.25, 0.3) is 0 Å². The summed E-state index contributed by atoms with van der Waals surface area (Å²) in [4.78, 5) is 14.0. The molecule has 0 fully saturated rings. The first-order valence-corrected chi connectivity index (χ1v) is 7.69. The molecule has 3 heteroatoms. The number of hydrogen-bond acceptors (Lipinski definition) is 2. The van der Waals surface area contributed by atoms with E-state index in [1.807, 2.05) is 13.8 Å². The summed E-state index contributed by atoms with van der Waals surface area (Å²) in [5.74, 6) is -0.663. The highest BCUT2D eigenvalue weighted by molar-refractivity contribution is 5.75. The molecule has 0 bridgehead atoms. The third-order valence-corrected chi connectivity index (χ3v) is 4.76. The molecule has 20 heavy (non-hydrogen) atoms. The molecule has 0 unspecified atom stereocenters. The van der Waals surface area contributed by atoms with Gasteiger partial charge < -0.3 is 10.0 Å². The van der Waals surface area contributed by atoms with Crippen LogP contribution >= 0.6 is 0 Å². The van der Waals surface area contributed by atoms with Crippen molar-refractivity contribution >= 4 is 11.7 Å². The van der Waals surface area contributed by atoms with Crippen LogP contribution in [0.3, 0.4) is 0 Å². The average molecular weight is 275 g/mol. The van der Waals surface area contributed by atoms with Crippen molar-refractivity contribution in [2.75, 3.05) is 18.0 Å². The van der Waals surface area contributed by atoms with Gasteiger partial charge in [0.05, 0.1) is 5.41 Å². The maximum atomic E-state index is 11.7. The van der Waals surface area contributed by atoms with Gasteiger partial charge in [-0.25, -0.2) is 0 Å².